The van der Waals surface area contributed by atoms with Crippen LogP contribution in [0.3, 0.4) is 0 Å². The van der Waals surface area contributed by atoms with Crippen LogP contribution in [0.1, 0.15) is 37.0 Å². The highest BCUT2D eigenvalue weighted by Gasteiger charge is 2.17. The Morgan fingerprint density at radius 3 is 2.11 bits per heavy atom. The van der Waals surface area contributed by atoms with Gasteiger partial charge in [-0.15, -0.1) is 0 Å². The van der Waals surface area contributed by atoms with Crippen LogP contribution in [-0.4, -0.2) is 29.0 Å². The normalized spacial score (nSPS) is 10.7. The maximum Gasteiger partial charge on any atom is 0.379 e. The number of amides is 1. The van der Waals surface area contributed by atoms with E-state index in [1.807, 2.05) is 0 Å². The summed E-state index contributed by atoms with van der Waals surface area (Å²) in [5.74, 6) is -2.30. The fourth-order valence-corrected chi connectivity index (χ4v) is 2.83. The maximum atomic E-state index is 12.4. The number of nitrogens with one attached hydrogen (secondary N) is 1. The molecular weight excluding hydrogens is 474 g/mol. The summed E-state index contributed by atoms with van der Waals surface area (Å²) in [6.45, 7) is 0. The van der Waals surface area contributed by atoms with Gasteiger partial charge in [0.1, 0.15) is 11.5 Å². The number of nitrogens with zero attached hydrogens (tertiary/aromatic N) is 2. The number of hydrogen-bond donors (Lipinski definition) is 1. The Morgan fingerprint density at radius 2 is 1.53 bits per heavy atom. The Labute approximate surface area is 201 Å². The van der Waals surface area contributed by atoms with Gasteiger partial charge in [0.05, 0.1) is 23.7 Å². The molecule has 0 radical (unpaired) electrons. The highest BCUT2D eigenvalue weighted by Crippen LogP contribution is 2.26. The molecular formula is C24H15N3O9. The Balaban J connectivity index is 1.52. The second kappa shape index (κ2) is 10.6. The van der Waals surface area contributed by atoms with Gasteiger partial charge in [-0.05, 0) is 48.5 Å². The molecule has 0 aliphatic carbocycles. The molecule has 0 spiro atoms. The predicted octanol–water partition coefficient (Wildman–Crippen LogP) is 3.98. The molecule has 0 unspecified atom stereocenters. The van der Waals surface area contributed by atoms with Gasteiger partial charge in [0.25, 0.3) is 11.6 Å². The van der Waals surface area contributed by atoms with Gasteiger partial charge in [-0.25, -0.2) is 15.0 Å². The molecule has 12 nitrogen and oxygen atoms in total. The van der Waals surface area contributed by atoms with Crippen LogP contribution in [0, 0.1) is 10.1 Å². The average molecular weight is 489 g/mol. The first-order valence-corrected chi connectivity index (χ1v) is 10.1. The molecule has 0 aliphatic rings. The minimum Gasteiger partial charge on any atom is -0.457 e. The zero-order chi connectivity index (χ0) is 25.5. The van der Waals surface area contributed by atoms with Gasteiger partial charge in [-0.1, -0.05) is 0 Å². The van der Waals surface area contributed by atoms with Crippen molar-refractivity contribution in [2.75, 3.05) is 0 Å². The van der Waals surface area contributed by atoms with Crippen molar-refractivity contribution in [2.24, 2.45) is 5.10 Å². The van der Waals surface area contributed by atoms with E-state index >= 15 is 0 Å². The molecule has 4 aromatic rings. The molecule has 0 saturated heterocycles. The van der Waals surface area contributed by atoms with Crippen LogP contribution in [0.2, 0.25) is 0 Å². The fraction of sp³-hybridized carbons (Fsp3) is 0. The second-order valence-electron chi connectivity index (χ2n) is 6.94. The Kier molecular flexibility index (Phi) is 6.96. The Morgan fingerprint density at radius 1 is 0.889 bits per heavy atom. The quantitative estimate of drug-likeness (QED) is 0.127. The number of nitro groups is 1. The summed E-state index contributed by atoms with van der Waals surface area (Å²) in [7, 11) is 0. The highest BCUT2D eigenvalue weighted by atomic mass is 16.6. The number of hydrogen-bond acceptors (Lipinski definition) is 10. The fourth-order valence-electron chi connectivity index (χ4n) is 2.83. The smallest absolute Gasteiger partial charge is 0.379 e. The molecule has 0 bridgehead atoms. The Bertz CT molecular complexity index is 1420. The van der Waals surface area contributed by atoms with E-state index in [2.05, 4.69) is 10.5 Å². The lowest BCUT2D eigenvalue weighted by Gasteiger charge is -2.09. The monoisotopic (exact) mass is 489 g/mol. The Hall–Kier alpha value is -5.52. The second-order valence-corrected chi connectivity index (χ2v) is 6.94. The largest absolute Gasteiger partial charge is 0.457 e. The summed E-state index contributed by atoms with van der Waals surface area (Å²) in [5.41, 5.74) is 2.50. The number of furan rings is 2. The van der Waals surface area contributed by atoms with E-state index in [9.17, 15) is 24.5 Å². The van der Waals surface area contributed by atoms with Crippen LogP contribution in [0.15, 0.2) is 93.2 Å². The average Bonchev–Trinajstić information content (AvgIpc) is 3.60. The van der Waals surface area contributed by atoms with E-state index in [4.69, 9.17) is 18.3 Å². The van der Waals surface area contributed by atoms with E-state index < -0.39 is 22.8 Å². The first kappa shape index (κ1) is 23.6. The van der Waals surface area contributed by atoms with Gasteiger partial charge in [0.2, 0.25) is 11.5 Å². The number of non-ortho nitro benzene ring substituents is 1. The molecule has 36 heavy (non-hydrogen) atoms. The third kappa shape index (κ3) is 5.69. The van der Waals surface area contributed by atoms with Crippen molar-refractivity contribution in [3.63, 3.8) is 0 Å². The van der Waals surface area contributed by atoms with Gasteiger partial charge in [0.15, 0.2) is 0 Å². The lowest BCUT2D eigenvalue weighted by atomic mass is 10.2. The van der Waals surface area contributed by atoms with Gasteiger partial charge < -0.3 is 18.3 Å². The van der Waals surface area contributed by atoms with Crippen molar-refractivity contribution < 1.29 is 37.6 Å². The topological polar surface area (TPSA) is 163 Å². The van der Waals surface area contributed by atoms with Crippen LogP contribution in [0.4, 0.5) is 5.69 Å². The third-order valence-corrected chi connectivity index (χ3v) is 4.55. The number of carbonyl (C=O) groups is 3. The molecule has 0 saturated carbocycles. The minimum absolute atomic E-state index is 0.0243. The van der Waals surface area contributed by atoms with Crippen molar-refractivity contribution in [3.05, 3.63) is 112 Å². The van der Waals surface area contributed by atoms with Crippen molar-refractivity contribution in [1.29, 1.82) is 0 Å². The molecule has 2 aromatic carbocycles. The van der Waals surface area contributed by atoms with Gasteiger partial charge in [0, 0.05) is 29.3 Å². The number of benzene rings is 2. The predicted molar refractivity (Wildman–Crippen MR) is 122 cm³/mol. The van der Waals surface area contributed by atoms with Crippen molar-refractivity contribution in [3.8, 4) is 11.5 Å². The van der Waals surface area contributed by atoms with Crippen LogP contribution < -0.4 is 14.9 Å². The van der Waals surface area contributed by atoms with Crippen molar-refractivity contribution in [2.45, 2.75) is 0 Å². The van der Waals surface area contributed by atoms with Gasteiger partial charge >= 0.3 is 11.9 Å². The molecule has 180 valence electrons. The molecule has 1 amide bonds. The van der Waals surface area contributed by atoms with Crippen LogP contribution in [-0.2, 0) is 0 Å². The van der Waals surface area contributed by atoms with Crippen LogP contribution in [0.5, 0.6) is 11.5 Å². The summed E-state index contributed by atoms with van der Waals surface area (Å²) in [6.07, 6.45) is 3.82. The number of esters is 2. The molecule has 0 fully saturated rings. The SMILES string of the molecule is O=C(NN=Cc1ccc(OC(=O)c2ccco2)cc1OC(=O)c1ccco1)c1ccc([N+](=O)[O-])cc1. The molecule has 12 heteroatoms. The van der Waals surface area contributed by atoms with E-state index in [0.29, 0.717) is 0 Å². The first-order valence-electron chi connectivity index (χ1n) is 10.1. The van der Waals surface area contributed by atoms with Crippen molar-refractivity contribution >= 4 is 29.7 Å². The lowest BCUT2D eigenvalue weighted by molar-refractivity contribution is -0.384. The van der Waals surface area contributed by atoms with Crippen LogP contribution >= 0.6 is 0 Å². The maximum absolute atomic E-state index is 12.4. The molecule has 2 aromatic heterocycles. The summed E-state index contributed by atoms with van der Waals surface area (Å²) in [6, 6.07) is 14.9. The summed E-state index contributed by atoms with van der Waals surface area (Å²) >= 11 is 0. The van der Waals surface area contributed by atoms with E-state index in [0.717, 1.165) is 0 Å². The van der Waals surface area contributed by atoms with Gasteiger partial charge in [-0.2, -0.15) is 5.10 Å². The molecule has 0 atom stereocenters. The lowest BCUT2D eigenvalue weighted by Crippen LogP contribution is -2.17. The number of rotatable bonds is 8. The minimum atomic E-state index is -0.820. The summed E-state index contributed by atoms with van der Waals surface area (Å²) in [4.78, 5) is 47.0. The number of nitro benzene ring substituents is 1. The molecule has 1 N–H and O–H groups in total. The standard InChI is InChI=1S/C24H15N3O9/c28-22(15-5-8-17(9-6-15)27(31)32)26-25-14-16-7-10-18(35-23(29)19-3-1-11-33-19)13-21(16)36-24(30)20-4-2-12-34-20/h1-14H,(H,26,28). The molecule has 4 rings (SSSR count). The highest BCUT2D eigenvalue weighted by molar-refractivity contribution is 5.96. The van der Waals surface area contributed by atoms with E-state index in [1.54, 1.807) is 0 Å². The number of ether oxygens (including phenoxy) is 2. The third-order valence-electron chi connectivity index (χ3n) is 4.55. The summed E-state index contributed by atoms with van der Waals surface area (Å²) < 4.78 is 20.6. The summed E-state index contributed by atoms with van der Waals surface area (Å²) in [5, 5.41) is 14.6. The zero-order valence-electron chi connectivity index (χ0n) is 18.2. The number of hydrazone groups is 1. The van der Waals surface area contributed by atoms with E-state index in [-0.39, 0.29) is 39.8 Å². The first-order chi connectivity index (χ1) is 17.4. The molecule has 2 heterocycles. The molecule has 0 aliphatic heterocycles. The van der Waals surface area contributed by atoms with Gasteiger partial charge in [-0.3, -0.25) is 14.9 Å². The number of carbonyl (C=O) groups excluding carboxylic acids is 3. The zero-order valence-corrected chi connectivity index (χ0v) is 18.2. The van der Waals surface area contributed by atoms with Crippen molar-refractivity contribution in [1.82, 2.24) is 5.43 Å². The van der Waals surface area contributed by atoms with Crippen LogP contribution in [0.25, 0.3) is 0 Å². The van der Waals surface area contributed by atoms with E-state index in [1.165, 1.54) is 85.5 Å².